The van der Waals surface area contributed by atoms with Gasteiger partial charge in [-0.15, -0.1) is 0 Å². The molecule has 31 nitrogen and oxygen atoms in total. The van der Waals surface area contributed by atoms with E-state index in [9.17, 15) is 99.3 Å². The SMILES string of the molecule is CN(CC(O)C(O)C(O)C(O)CO)C(=O)C(CNC(=O)CN1CCN(CC(=O)O)CCN(CC(=O)O)CCN(CC(=O)O)CC1)NC(=O)CN1CCN(CC(=O)O)CCN(CC(=O)O)CCN(CC(=O)O)CC1. The molecule has 73 heavy (non-hydrogen) atoms. The Balaban J connectivity index is 2.41. The molecule has 2 saturated heterocycles. The molecule has 2 aliphatic heterocycles. The van der Waals surface area contributed by atoms with Gasteiger partial charge < -0.3 is 71.7 Å². The zero-order valence-electron chi connectivity index (χ0n) is 41.1. The summed E-state index contributed by atoms with van der Waals surface area (Å²) in [5, 5.41) is 113. The van der Waals surface area contributed by atoms with Crippen LogP contribution in [0.2, 0.25) is 0 Å². The molecule has 2 heterocycles. The van der Waals surface area contributed by atoms with E-state index in [0.29, 0.717) is 0 Å². The minimum absolute atomic E-state index is 0.0338. The summed E-state index contributed by atoms with van der Waals surface area (Å²) in [7, 11) is 1.17. The summed E-state index contributed by atoms with van der Waals surface area (Å²) in [6, 6.07) is -1.60. The van der Waals surface area contributed by atoms with Gasteiger partial charge in [-0.3, -0.25) is 82.4 Å². The topological polar surface area (TPSA) is 429 Å². The molecule has 2 aliphatic rings. The first kappa shape index (κ1) is 63.8. The van der Waals surface area contributed by atoms with E-state index in [-0.39, 0.29) is 124 Å². The van der Waals surface area contributed by atoms with Gasteiger partial charge in [-0.05, 0) is 0 Å². The predicted octanol–water partition coefficient (Wildman–Crippen LogP) is -9.57. The van der Waals surface area contributed by atoms with Crippen molar-refractivity contribution in [1.82, 2.24) is 54.7 Å². The summed E-state index contributed by atoms with van der Waals surface area (Å²) in [6.45, 7) is -4.10. The molecule has 2 rings (SSSR count). The average molecular weight is 1050 g/mol. The smallest absolute Gasteiger partial charge is 0.317 e. The van der Waals surface area contributed by atoms with Crippen molar-refractivity contribution < 1.29 is 99.3 Å². The van der Waals surface area contributed by atoms with Gasteiger partial charge in [0.15, 0.2) is 0 Å². The van der Waals surface area contributed by atoms with Crippen molar-refractivity contribution in [3.63, 3.8) is 0 Å². The van der Waals surface area contributed by atoms with E-state index in [0.717, 1.165) is 4.90 Å². The lowest BCUT2D eigenvalue weighted by Crippen LogP contribution is -2.57. The standard InChI is InChI=1S/C42H75N11O20/c1-45(19-30(55)40(71)41(72)31(56)28-54)42(73)29(44-33(58)21-47-4-8-50(24-36(63)64)12-16-53(27-39(69)70)17-13-51(9-5-47)25-37(65)66)18-43-32(57)20-46-2-6-48(22-34(59)60)10-14-52(26-38(67)68)15-11-49(7-3-46)23-35(61)62/h29-31,40-41,54-56,71-72H,2-28H2,1H3,(H,43,57)(H,44,58)(H,59,60)(H,61,62)(H,63,64)(H,65,66)(H,67,68)(H,69,70). The van der Waals surface area contributed by atoms with E-state index >= 15 is 0 Å². The minimum Gasteiger partial charge on any atom is -0.480 e. The summed E-state index contributed by atoms with van der Waals surface area (Å²) in [5.41, 5.74) is 0. The zero-order valence-corrected chi connectivity index (χ0v) is 41.1. The number of amides is 3. The first-order valence-electron chi connectivity index (χ1n) is 23.6. The Hall–Kier alpha value is -5.29. The van der Waals surface area contributed by atoms with Crippen LogP contribution in [-0.2, 0) is 43.2 Å². The summed E-state index contributed by atoms with van der Waals surface area (Å²) in [4.78, 5) is 125. The molecule has 3 amide bonds. The number of aliphatic hydroxyl groups excluding tert-OH is 5. The number of carboxylic acid groups (broad SMARTS) is 6. The molecule has 0 aliphatic carbocycles. The van der Waals surface area contributed by atoms with Crippen LogP contribution < -0.4 is 10.6 Å². The summed E-state index contributed by atoms with van der Waals surface area (Å²) in [5.74, 6) is -9.38. The summed E-state index contributed by atoms with van der Waals surface area (Å²) >= 11 is 0. The Bertz CT molecular complexity index is 1740. The van der Waals surface area contributed by atoms with Gasteiger partial charge >= 0.3 is 35.8 Å². The van der Waals surface area contributed by atoms with E-state index in [1.807, 2.05) is 0 Å². The van der Waals surface area contributed by atoms with E-state index in [1.165, 1.54) is 16.8 Å². The van der Waals surface area contributed by atoms with Gasteiger partial charge in [0.1, 0.15) is 30.5 Å². The number of likely N-dealkylation sites (N-methyl/N-ethyl adjacent to an activating group) is 1. The number of nitrogens with zero attached hydrogens (tertiary/aromatic N) is 9. The molecule has 0 aromatic rings. The fourth-order valence-electron chi connectivity index (χ4n) is 8.00. The van der Waals surface area contributed by atoms with Crippen molar-refractivity contribution in [1.29, 1.82) is 0 Å². The Morgan fingerprint density at radius 3 is 0.918 bits per heavy atom. The highest BCUT2D eigenvalue weighted by molar-refractivity contribution is 5.89. The minimum atomic E-state index is -2.07. The summed E-state index contributed by atoms with van der Waals surface area (Å²) in [6.07, 6.45) is -7.87. The van der Waals surface area contributed by atoms with Crippen LogP contribution in [0.4, 0.5) is 0 Å². The van der Waals surface area contributed by atoms with Crippen LogP contribution in [0.15, 0.2) is 0 Å². The maximum absolute atomic E-state index is 14.1. The summed E-state index contributed by atoms with van der Waals surface area (Å²) < 4.78 is 0. The highest BCUT2D eigenvalue weighted by Crippen LogP contribution is 2.09. The highest BCUT2D eigenvalue weighted by Gasteiger charge is 2.34. The maximum Gasteiger partial charge on any atom is 0.317 e. The molecule has 0 spiro atoms. The van der Waals surface area contributed by atoms with Gasteiger partial charge in [0.25, 0.3) is 0 Å². The molecule has 0 radical (unpaired) electrons. The van der Waals surface area contributed by atoms with Crippen molar-refractivity contribution >= 4 is 53.5 Å². The second kappa shape index (κ2) is 33.5. The van der Waals surface area contributed by atoms with Crippen LogP contribution in [-0.4, -0.2) is 368 Å². The lowest BCUT2D eigenvalue weighted by molar-refractivity contribution is -0.142. The van der Waals surface area contributed by atoms with Crippen molar-refractivity contribution in [2.75, 3.05) is 184 Å². The lowest BCUT2D eigenvalue weighted by atomic mass is 10.0. The number of nitrogens with one attached hydrogen (secondary N) is 2. The van der Waals surface area contributed by atoms with Gasteiger partial charge in [0.2, 0.25) is 17.7 Å². The first-order valence-corrected chi connectivity index (χ1v) is 23.6. The predicted molar refractivity (Wildman–Crippen MR) is 251 cm³/mol. The third-order valence-corrected chi connectivity index (χ3v) is 12.0. The molecular weight excluding hydrogens is 979 g/mol. The normalized spacial score (nSPS) is 20.0. The fraction of sp³-hybridized carbons (Fsp3) is 0.786. The van der Waals surface area contributed by atoms with Crippen molar-refractivity contribution in [3.8, 4) is 0 Å². The molecule has 418 valence electrons. The second-order valence-electron chi connectivity index (χ2n) is 18.0. The van der Waals surface area contributed by atoms with Crippen molar-refractivity contribution in [3.05, 3.63) is 0 Å². The Labute approximate surface area is 421 Å². The molecule has 0 aromatic heterocycles. The Morgan fingerprint density at radius 2 is 0.658 bits per heavy atom. The molecular formula is C42H75N11O20. The van der Waals surface area contributed by atoms with Gasteiger partial charge in [-0.2, -0.15) is 0 Å². The van der Waals surface area contributed by atoms with E-state index in [4.69, 9.17) is 0 Å². The number of aliphatic carboxylic acids is 6. The van der Waals surface area contributed by atoms with Crippen molar-refractivity contribution in [2.24, 2.45) is 0 Å². The van der Waals surface area contributed by atoms with E-state index in [2.05, 4.69) is 10.6 Å². The second-order valence-corrected chi connectivity index (χ2v) is 18.0. The molecule has 13 N–H and O–H groups in total. The maximum atomic E-state index is 14.1. The molecule has 5 atom stereocenters. The van der Waals surface area contributed by atoms with Gasteiger partial charge in [-0.25, -0.2) is 0 Å². The number of carbonyl (C=O) groups excluding carboxylic acids is 3. The number of carboxylic acids is 6. The lowest BCUT2D eigenvalue weighted by Gasteiger charge is -2.33. The van der Waals surface area contributed by atoms with Crippen LogP contribution in [0.5, 0.6) is 0 Å². The molecule has 0 bridgehead atoms. The first-order chi connectivity index (χ1) is 34.3. The Morgan fingerprint density at radius 1 is 0.411 bits per heavy atom. The number of rotatable bonds is 26. The average Bonchev–Trinajstić information content (AvgIpc) is 3.29. The third-order valence-electron chi connectivity index (χ3n) is 12.0. The number of hydrogen-bond donors (Lipinski definition) is 13. The van der Waals surface area contributed by atoms with Crippen LogP contribution in [0.1, 0.15) is 0 Å². The fourth-order valence-corrected chi connectivity index (χ4v) is 8.00. The largest absolute Gasteiger partial charge is 0.480 e. The van der Waals surface area contributed by atoms with Crippen LogP contribution in [0, 0.1) is 0 Å². The van der Waals surface area contributed by atoms with Crippen LogP contribution in [0.25, 0.3) is 0 Å². The molecule has 0 saturated carbocycles. The number of carbonyl (C=O) groups is 9. The Kier molecular flexibility index (Phi) is 29.3. The van der Waals surface area contributed by atoms with Gasteiger partial charge in [0.05, 0.1) is 59.0 Å². The van der Waals surface area contributed by atoms with Gasteiger partial charge in [0, 0.05) is 125 Å². The number of aliphatic hydroxyl groups is 5. The third kappa shape index (κ3) is 27.0. The highest BCUT2D eigenvalue weighted by atomic mass is 16.4. The number of hydrogen-bond acceptors (Lipinski definition) is 22. The van der Waals surface area contributed by atoms with Crippen LogP contribution >= 0.6 is 0 Å². The van der Waals surface area contributed by atoms with Gasteiger partial charge in [-0.1, -0.05) is 0 Å². The van der Waals surface area contributed by atoms with Crippen molar-refractivity contribution in [2.45, 2.75) is 30.5 Å². The molecule has 2 fully saturated rings. The quantitative estimate of drug-likeness (QED) is 0.0383. The zero-order chi connectivity index (χ0) is 54.8. The molecule has 5 unspecified atom stereocenters. The van der Waals surface area contributed by atoms with Crippen LogP contribution in [0.3, 0.4) is 0 Å². The van der Waals surface area contributed by atoms with E-state index < -0.39 is 136 Å². The molecule has 31 heteroatoms. The monoisotopic (exact) mass is 1050 g/mol. The molecule has 0 aromatic carbocycles. The van der Waals surface area contributed by atoms with E-state index in [1.54, 1.807) is 29.4 Å².